The molecule has 5 heteroatoms. The molecule has 2 rings (SSSR count). The molecular formula is C10H12N4O. The van der Waals surface area contributed by atoms with E-state index in [-0.39, 0.29) is 5.75 Å². The predicted octanol–water partition coefficient (Wildman–Crippen LogP) is 0.619. The lowest BCUT2D eigenvalue weighted by molar-refractivity contribution is 0.470. The van der Waals surface area contributed by atoms with Gasteiger partial charge in [-0.25, -0.2) is 4.68 Å². The number of rotatable bonds is 2. The van der Waals surface area contributed by atoms with Gasteiger partial charge in [-0.05, 0) is 12.1 Å². The zero-order valence-electron chi connectivity index (χ0n) is 8.09. The van der Waals surface area contributed by atoms with Crippen molar-refractivity contribution in [1.29, 1.82) is 0 Å². The van der Waals surface area contributed by atoms with Crippen LogP contribution in [0.4, 0.5) is 5.82 Å². The minimum absolute atomic E-state index is 0.135. The molecule has 2 aromatic rings. The van der Waals surface area contributed by atoms with Crippen molar-refractivity contribution in [1.82, 2.24) is 9.78 Å². The number of aromatic hydroxyl groups is 1. The number of phenols is 1. The minimum Gasteiger partial charge on any atom is -0.506 e. The molecule has 1 aromatic heterocycles. The van der Waals surface area contributed by atoms with E-state index in [1.54, 1.807) is 30.5 Å². The maximum Gasteiger partial charge on any atom is 0.141 e. The molecule has 0 spiro atoms. The highest BCUT2D eigenvalue weighted by Crippen LogP contribution is 2.23. The van der Waals surface area contributed by atoms with Crippen molar-refractivity contribution >= 4 is 5.82 Å². The Bertz CT molecular complexity index is 478. The summed E-state index contributed by atoms with van der Waals surface area (Å²) < 4.78 is 1.47. The Morgan fingerprint density at radius 2 is 2.07 bits per heavy atom. The third kappa shape index (κ3) is 1.53. The van der Waals surface area contributed by atoms with Crippen LogP contribution in [0.1, 0.15) is 5.56 Å². The molecule has 0 bridgehead atoms. The fourth-order valence-electron chi connectivity index (χ4n) is 1.38. The summed E-state index contributed by atoms with van der Waals surface area (Å²) >= 11 is 0. The number of para-hydroxylation sites is 2. The summed E-state index contributed by atoms with van der Waals surface area (Å²) in [6.07, 6.45) is 1.60. The monoisotopic (exact) mass is 204 g/mol. The number of phenolic OH excluding ortho intramolecular Hbond substituents is 1. The number of nitrogens with zero attached hydrogens (tertiary/aromatic N) is 2. The third-order valence-corrected chi connectivity index (χ3v) is 2.22. The molecule has 0 radical (unpaired) electrons. The molecular weight excluding hydrogens is 192 g/mol. The van der Waals surface area contributed by atoms with Crippen molar-refractivity contribution in [3.05, 3.63) is 36.0 Å². The number of nitrogens with two attached hydrogens (primary N) is 2. The number of hydrogen-bond donors (Lipinski definition) is 3. The van der Waals surface area contributed by atoms with Gasteiger partial charge in [-0.1, -0.05) is 12.1 Å². The number of hydrogen-bond acceptors (Lipinski definition) is 4. The first kappa shape index (κ1) is 9.54. The van der Waals surface area contributed by atoms with Crippen molar-refractivity contribution in [2.75, 3.05) is 5.73 Å². The van der Waals surface area contributed by atoms with Crippen LogP contribution >= 0.6 is 0 Å². The minimum atomic E-state index is 0.135. The highest BCUT2D eigenvalue weighted by Gasteiger charge is 2.09. The zero-order chi connectivity index (χ0) is 10.8. The van der Waals surface area contributed by atoms with Crippen molar-refractivity contribution in [3.63, 3.8) is 0 Å². The number of anilines is 1. The average Bonchev–Trinajstić information content (AvgIpc) is 2.60. The predicted molar refractivity (Wildman–Crippen MR) is 57.5 cm³/mol. The van der Waals surface area contributed by atoms with Crippen LogP contribution < -0.4 is 11.5 Å². The van der Waals surface area contributed by atoms with Gasteiger partial charge in [0.15, 0.2) is 0 Å². The van der Waals surface area contributed by atoms with E-state index in [1.165, 1.54) is 4.68 Å². The van der Waals surface area contributed by atoms with E-state index < -0.39 is 0 Å². The van der Waals surface area contributed by atoms with E-state index in [0.717, 1.165) is 5.56 Å². The van der Waals surface area contributed by atoms with Crippen LogP contribution in [0.15, 0.2) is 30.5 Å². The van der Waals surface area contributed by atoms with Crippen molar-refractivity contribution < 1.29 is 5.11 Å². The summed E-state index contributed by atoms with van der Waals surface area (Å²) in [6, 6.07) is 6.86. The molecule has 0 aliphatic rings. The van der Waals surface area contributed by atoms with E-state index in [0.29, 0.717) is 18.1 Å². The molecule has 1 heterocycles. The largest absolute Gasteiger partial charge is 0.506 e. The van der Waals surface area contributed by atoms with Crippen molar-refractivity contribution in [2.24, 2.45) is 5.73 Å². The lowest BCUT2D eigenvalue weighted by Gasteiger charge is -2.06. The van der Waals surface area contributed by atoms with Gasteiger partial charge in [0.05, 0.1) is 6.20 Å². The smallest absolute Gasteiger partial charge is 0.141 e. The lowest BCUT2D eigenvalue weighted by Crippen LogP contribution is -2.05. The number of nitrogen functional groups attached to an aromatic ring is 1. The molecule has 0 saturated heterocycles. The molecule has 5 nitrogen and oxygen atoms in total. The van der Waals surface area contributed by atoms with Crippen LogP contribution in [0.3, 0.4) is 0 Å². The second kappa shape index (κ2) is 3.62. The third-order valence-electron chi connectivity index (χ3n) is 2.22. The Morgan fingerprint density at radius 1 is 1.33 bits per heavy atom. The van der Waals surface area contributed by atoms with Gasteiger partial charge in [0.25, 0.3) is 0 Å². The Kier molecular flexibility index (Phi) is 2.31. The highest BCUT2D eigenvalue weighted by molar-refractivity contribution is 5.52. The lowest BCUT2D eigenvalue weighted by atomic mass is 10.3. The van der Waals surface area contributed by atoms with Gasteiger partial charge in [0.1, 0.15) is 17.3 Å². The first-order chi connectivity index (χ1) is 7.24. The molecule has 5 N–H and O–H groups in total. The average molecular weight is 204 g/mol. The summed E-state index contributed by atoms with van der Waals surface area (Å²) in [5, 5.41) is 13.7. The van der Waals surface area contributed by atoms with Gasteiger partial charge < -0.3 is 16.6 Å². The van der Waals surface area contributed by atoms with E-state index in [2.05, 4.69) is 5.10 Å². The van der Waals surface area contributed by atoms with Gasteiger partial charge >= 0.3 is 0 Å². The van der Waals surface area contributed by atoms with Crippen LogP contribution in [0.25, 0.3) is 5.69 Å². The summed E-state index contributed by atoms with van der Waals surface area (Å²) in [6.45, 7) is 0.333. The van der Waals surface area contributed by atoms with Gasteiger partial charge in [-0.3, -0.25) is 0 Å². The van der Waals surface area contributed by atoms with Crippen LogP contribution in [-0.2, 0) is 6.54 Å². The van der Waals surface area contributed by atoms with E-state index >= 15 is 0 Å². The van der Waals surface area contributed by atoms with Crippen molar-refractivity contribution in [3.8, 4) is 11.4 Å². The van der Waals surface area contributed by atoms with Gasteiger partial charge in [-0.2, -0.15) is 5.10 Å². The van der Waals surface area contributed by atoms with Gasteiger partial charge in [0, 0.05) is 12.1 Å². The fraction of sp³-hybridized carbons (Fsp3) is 0.100. The first-order valence-electron chi connectivity index (χ1n) is 4.55. The Labute approximate surface area is 86.9 Å². The molecule has 0 unspecified atom stereocenters. The molecule has 0 aliphatic heterocycles. The second-order valence-corrected chi connectivity index (χ2v) is 3.16. The Hall–Kier alpha value is -2.01. The maximum absolute atomic E-state index is 9.62. The normalized spacial score (nSPS) is 10.5. The topological polar surface area (TPSA) is 90.1 Å². The summed E-state index contributed by atoms with van der Waals surface area (Å²) in [5.41, 5.74) is 12.6. The molecule has 0 saturated carbocycles. The molecule has 0 amide bonds. The van der Waals surface area contributed by atoms with E-state index in [4.69, 9.17) is 11.5 Å². The van der Waals surface area contributed by atoms with Gasteiger partial charge in [-0.15, -0.1) is 0 Å². The Balaban J connectivity index is 2.55. The quantitative estimate of drug-likeness (QED) is 0.668. The molecule has 0 aliphatic carbocycles. The van der Waals surface area contributed by atoms with E-state index in [1.807, 2.05) is 0 Å². The van der Waals surface area contributed by atoms with Crippen LogP contribution in [-0.4, -0.2) is 14.9 Å². The molecule has 1 aromatic carbocycles. The summed E-state index contributed by atoms with van der Waals surface area (Å²) in [7, 11) is 0. The SMILES string of the molecule is NCc1cnn(-c2ccccc2O)c1N. The zero-order valence-corrected chi connectivity index (χ0v) is 8.09. The number of benzene rings is 1. The van der Waals surface area contributed by atoms with Crippen LogP contribution in [0, 0.1) is 0 Å². The molecule has 78 valence electrons. The molecule has 0 atom stereocenters. The summed E-state index contributed by atoms with van der Waals surface area (Å²) in [5.74, 6) is 0.592. The Morgan fingerprint density at radius 3 is 2.67 bits per heavy atom. The fourth-order valence-corrected chi connectivity index (χ4v) is 1.38. The van der Waals surface area contributed by atoms with Crippen LogP contribution in [0.5, 0.6) is 5.75 Å². The summed E-state index contributed by atoms with van der Waals surface area (Å²) in [4.78, 5) is 0. The first-order valence-corrected chi connectivity index (χ1v) is 4.55. The maximum atomic E-state index is 9.62. The van der Waals surface area contributed by atoms with Gasteiger partial charge in [0.2, 0.25) is 0 Å². The van der Waals surface area contributed by atoms with Crippen molar-refractivity contribution in [2.45, 2.75) is 6.54 Å². The molecule has 0 fully saturated rings. The van der Waals surface area contributed by atoms with E-state index in [9.17, 15) is 5.11 Å². The van der Waals surface area contributed by atoms with Crippen LogP contribution in [0.2, 0.25) is 0 Å². The standard InChI is InChI=1S/C10H12N4O/c11-5-7-6-13-14(10(7)12)8-3-1-2-4-9(8)15/h1-4,6,15H,5,11-12H2. The highest BCUT2D eigenvalue weighted by atomic mass is 16.3. The number of aromatic nitrogens is 2. The second-order valence-electron chi connectivity index (χ2n) is 3.16. The molecule has 15 heavy (non-hydrogen) atoms.